The Morgan fingerprint density at radius 1 is 1.08 bits per heavy atom. The molecule has 3 heterocycles. The van der Waals surface area contributed by atoms with Crippen LogP contribution in [0, 0.1) is 0 Å². The first-order chi connectivity index (χ1) is 18.9. The van der Waals surface area contributed by atoms with Crippen molar-refractivity contribution in [2.24, 2.45) is 0 Å². The second-order valence-corrected chi connectivity index (χ2v) is 9.75. The van der Waals surface area contributed by atoms with Crippen LogP contribution in [0.2, 0.25) is 0 Å². The van der Waals surface area contributed by atoms with Crippen molar-refractivity contribution in [2.45, 2.75) is 31.7 Å². The fraction of sp³-hybridized carbons (Fsp3) is 0.194. The number of phenols is 2. The molecule has 0 unspecified atom stereocenters. The number of carbonyl (C=O) groups excluding carboxylic acids is 1. The van der Waals surface area contributed by atoms with Crippen molar-refractivity contribution < 1.29 is 24.2 Å². The third kappa shape index (κ3) is 4.05. The van der Waals surface area contributed by atoms with E-state index in [9.17, 15) is 24.6 Å². The standard InChI is InChI=1S/C31H25NO7/c1-38-26(35)15-22(23-14-19-5-2-4-18-6-3-13-32(28(18)19)31(23)37)27-25(34)12-11-21-29(36)24(16-39-30(21)27)17-7-9-20(33)10-8-17/h2,4-5,7-12,14,16,22,33-34H,3,6,13,15H2,1H3/t22-/m1/s1. The Morgan fingerprint density at radius 2 is 1.87 bits per heavy atom. The predicted octanol–water partition coefficient (Wildman–Crippen LogP) is 4.83. The third-order valence-corrected chi connectivity index (χ3v) is 7.51. The van der Waals surface area contributed by atoms with Gasteiger partial charge < -0.3 is 23.9 Å². The van der Waals surface area contributed by atoms with Gasteiger partial charge in [0, 0.05) is 23.6 Å². The number of esters is 1. The van der Waals surface area contributed by atoms with Crippen molar-refractivity contribution >= 4 is 27.8 Å². The summed E-state index contributed by atoms with van der Waals surface area (Å²) < 4.78 is 12.7. The van der Waals surface area contributed by atoms with Gasteiger partial charge in [0.1, 0.15) is 23.3 Å². The summed E-state index contributed by atoms with van der Waals surface area (Å²) >= 11 is 0. The quantitative estimate of drug-likeness (QED) is 0.317. The molecule has 8 nitrogen and oxygen atoms in total. The Hall–Kier alpha value is -4.85. The number of hydrogen-bond donors (Lipinski definition) is 2. The van der Waals surface area contributed by atoms with Crippen molar-refractivity contribution in [3.63, 3.8) is 0 Å². The molecule has 5 aromatic rings. The zero-order valence-electron chi connectivity index (χ0n) is 21.1. The lowest BCUT2D eigenvalue weighted by Gasteiger charge is -2.24. The summed E-state index contributed by atoms with van der Waals surface area (Å²) in [7, 11) is 1.26. The fourth-order valence-corrected chi connectivity index (χ4v) is 5.64. The number of aryl methyl sites for hydroxylation is 2. The number of hydrogen-bond acceptors (Lipinski definition) is 7. The van der Waals surface area contributed by atoms with Gasteiger partial charge in [0.15, 0.2) is 0 Å². The molecule has 0 aliphatic carbocycles. The van der Waals surface area contributed by atoms with E-state index in [4.69, 9.17) is 9.15 Å². The molecule has 0 spiro atoms. The SMILES string of the molecule is COC(=O)C[C@H](c1cc2cccc3c2n(c1=O)CCC3)c1c(O)ccc2c(=O)c(-c3ccc(O)cc3)coc12. The van der Waals surface area contributed by atoms with E-state index >= 15 is 0 Å². The summed E-state index contributed by atoms with van der Waals surface area (Å²) in [6.07, 6.45) is 2.73. The summed E-state index contributed by atoms with van der Waals surface area (Å²) in [6, 6.07) is 16.6. The van der Waals surface area contributed by atoms with E-state index < -0.39 is 11.9 Å². The van der Waals surface area contributed by atoms with Gasteiger partial charge in [0.05, 0.1) is 30.0 Å². The van der Waals surface area contributed by atoms with Crippen LogP contribution >= 0.6 is 0 Å². The molecule has 1 aliphatic rings. The molecule has 39 heavy (non-hydrogen) atoms. The maximum Gasteiger partial charge on any atom is 0.306 e. The van der Waals surface area contributed by atoms with Crippen LogP contribution in [-0.4, -0.2) is 27.9 Å². The topological polar surface area (TPSA) is 119 Å². The van der Waals surface area contributed by atoms with Gasteiger partial charge in [-0.1, -0.05) is 30.3 Å². The van der Waals surface area contributed by atoms with E-state index in [0.717, 1.165) is 29.3 Å². The third-order valence-electron chi connectivity index (χ3n) is 7.51. The molecule has 0 saturated carbocycles. The Balaban J connectivity index is 1.61. The van der Waals surface area contributed by atoms with Crippen molar-refractivity contribution in [3.8, 4) is 22.6 Å². The number of ether oxygens (including phenoxy) is 1. The second kappa shape index (κ2) is 9.47. The number of aromatic nitrogens is 1. The van der Waals surface area contributed by atoms with Crippen LogP contribution in [-0.2, 0) is 22.5 Å². The molecule has 8 heteroatoms. The fourth-order valence-electron chi connectivity index (χ4n) is 5.64. The Morgan fingerprint density at radius 3 is 2.64 bits per heavy atom. The van der Waals surface area contributed by atoms with Gasteiger partial charge in [-0.25, -0.2) is 0 Å². The lowest BCUT2D eigenvalue weighted by molar-refractivity contribution is -0.140. The van der Waals surface area contributed by atoms with Gasteiger partial charge in [-0.05, 0) is 59.7 Å². The van der Waals surface area contributed by atoms with Crippen molar-refractivity contribution in [3.05, 3.63) is 104 Å². The molecule has 2 aromatic heterocycles. The second-order valence-electron chi connectivity index (χ2n) is 9.75. The maximum absolute atomic E-state index is 13.9. The highest BCUT2D eigenvalue weighted by atomic mass is 16.5. The highest BCUT2D eigenvalue weighted by Gasteiger charge is 2.30. The van der Waals surface area contributed by atoms with E-state index in [1.165, 1.54) is 37.6 Å². The Labute approximate surface area is 222 Å². The molecule has 6 rings (SSSR count). The molecule has 1 aliphatic heterocycles. The maximum atomic E-state index is 13.9. The van der Waals surface area contributed by atoms with Crippen LogP contribution in [0.3, 0.4) is 0 Å². The first kappa shape index (κ1) is 24.5. The van der Waals surface area contributed by atoms with Crippen LogP contribution in [0.1, 0.15) is 35.4 Å². The van der Waals surface area contributed by atoms with Crippen LogP contribution in [0.15, 0.2) is 80.9 Å². The summed E-state index contributed by atoms with van der Waals surface area (Å²) in [5.74, 6) is -1.65. The molecule has 1 atom stereocenters. The first-order valence-corrected chi connectivity index (χ1v) is 12.7. The molecule has 0 radical (unpaired) electrons. The molecular formula is C31H25NO7. The average molecular weight is 524 g/mol. The number of nitrogens with zero attached hydrogens (tertiary/aromatic N) is 1. The van der Waals surface area contributed by atoms with Crippen LogP contribution in [0.25, 0.3) is 33.0 Å². The largest absolute Gasteiger partial charge is 0.508 e. The summed E-state index contributed by atoms with van der Waals surface area (Å²) in [4.78, 5) is 40.0. The number of methoxy groups -OCH3 is 1. The molecular weight excluding hydrogens is 498 g/mol. The number of carbonyl (C=O) groups is 1. The average Bonchev–Trinajstić information content (AvgIpc) is 2.95. The molecule has 0 bridgehead atoms. The van der Waals surface area contributed by atoms with Gasteiger partial charge in [-0.3, -0.25) is 14.4 Å². The van der Waals surface area contributed by atoms with Crippen molar-refractivity contribution in [1.29, 1.82) is 0 Å². The zero-order chi connectivity index (χ0) is 27.3. The van der Waals surface area contributed by atoms with Crippen molar-refractivity contribution in [1.82, 2.24) is 4.57 Å². The normalized spacial score (nSPS) is 13.5. The highest BCUT2D eigenvalue weighted by molar-refractivity contribution is 5.88. The Kier molecular flexibility index (Phi) is 5.95. The number of fused-ring (bicyclic) bond motifs is 1. The van der Waals surface area contributed by atoms with Gasteiger partial charge in [0.2, 0.25) is 5.43 Å². The van der Waals surface area contributed by atoms with Crippen LogP contribution in [0.4, 0.5) is 0 Å². The lowest BCUT2D eigenvalue weighted by atomic mass is 9.86. The minimum absolute atomic E-state index is 0.0645. The van der Waals surface area contributed by atoms with E-state index in [-0.39, 0.29) is 51.0 Å². The van der Waals surface area contributed by atoms with E-state index in [1.807, 2.05) is 18.2 Å². The van der Waals surface area contributed by atoms with Crippen molar-refractivity contribution in [2.75, 3.05) is 7.11 Å². The monoisotopic (exact) mass is 523 g/mol. The molecule has 3 aromatic carbocycles. The molecule has 0 fully saturated rings. The highest BCUT2D eigenvalue weighted by Crippen LogP contribution is 2.39. The number of para-hydroxylation sites is 1. The van der Waals surface area contributed by atoms with E-state index in [0.29, 0.717) is 17.7 Å². The molecule has 0 saturated heterocycles. The minimum atomic E-state index is -0.935. The minimum Gasteiger partial charge on any atom is -0.508 e. The first-order valence-electron chi connectivity index (χ1n) is 12.7. The van der Waals surface area contributed by atoms with Gasteiger partial charge >= 0.3 is 5.97 Å². The summed E-state index contributed by atoms with van der Waals surface area (Å²) in [5, 5.41) is 21.7. The van der Waals surface area contributed by atoms with Gasteiger partial charge in [-0.2, -0.15) is 0 Å². The predicted molar refractivity (Wildman–Crippen MR) is 146 cm³/mol. The number of pyridine rings is 1. The van der Waals surface area contributed by atoms with Gasteiger partial charge in [0.25, 0.3) is 5.56 Å². The van der Waals surface area contributed by atoms with Gasteiger partial charge in [-0.15, -0.1) is 0 Å². The Bertz CT molecular complexity index is 1880. The summed E-state index contributed by atoms with van der Waals surface area (Å²) in [6.45, 7) is 0.539. The molecule has 2 N–H and O–H groups in total. The number of benzene rings is 3. The summed E-state index contributed by atoms with van der Waals surface area (Å²) in [5.41, 5.74) is 2.73. The molecule has 0 amide bonds. The lowest BCUT2D eigenvalue weighted by Crippen LogP contribution is -2.30. The smallest absolute Gasteiger partial charge is 0.306 e. The van der Waals surface area contributed by atoms with Crippen LogP contribution < -0.4 is 11.0 Å². The van der Waals surface area contributed by atoms with E-state index in [2.05, 4.69) is 0 Å². The number of phenolic OH excluding ortho intramolecular Hbond substituents is 2. The zero-order valence-corrected chi connectivity index (χ0v) is 21.1. The molecule has 196 valence electrons. The number of aromatic hydroxyl groups is 2. The van der Waals surface area contributed by atoms with E-state index in [1.54, 1.807) is 22.8 Å². The number of rotatable bonds is 5. The van der Waals surface area contributed by atoms with Crippen LogP contribution in [0.5, 0.6) is 11.5 Å².